The number of para-hydroxylation sites is 2. The highest BCUT2D eigenvalue weighted by Gasteiger charge is 2.14. The molecule has 1 heterocycles. The maximum absolute atomic E-state index is 6.46. The molecule has 0 spiro atoms. The summed E-state index contributed by atoms with van der Waals surface area (Å²) in [6.07, 6.45) is 1.98. The van der Waals surface area contributed by atoms with Crippen LogP contribution in [0.5, 0.6) is 5.75 Å². The van der Waals surface area contributed by atoms with E-state index >= 15 is 0 Å². The van der Waals surface area contributed by atoms with Crippen molar-refractivity contribution < 1.29 is 4.74 Å². The predicted octanol–water partition coefficient (Wildman–Crippen LogP) is 6.83. The number of fused-ring (bicyclic) bond motifs is 1. The second kappa shape index (κ2) is 8.71. The van der Waals surface area contributed by atoms with Gasteiger partial charge in [0.2, 0.25) is 0 Å². The molecular weight excluding hydrogens is 380 g/mol. The number of hydrogen-bond donors (Lipinski definition) is 0. The lowest BCUT2D eigenvalue weighted by molar-refractivity contribution is 0.301. The molecule has 0 fully saturated rings. The molecule has 0 N–H and O–H groups in total. The average Bonchev–Trinajstić information content (AvgIpc) is 3.08. The standard InChI is InChI=1S/C25H25ClN2O/c1-18-13-14-24(19(2)17-18)29-16-8-7-15-28-23-12-6-5-11-22(23)27-25(28)20-9-3-4-10-21(20)26/h3-6,9-14,17H,7-8,15-16H2,1-2H3. The molecule has 0 saturated carbocycles. The smallest absolute Gasteiger partial charge is 0.142 e. The van der Waals surface area contributed by atoms with Crippen LogP contribution in [0, 0.1) is 13.8 Å². The van der Waals surface area contributed by atoms with Crippen LogP contribution in [0.15, 0.2) is 66.7 Å². The lowest BCUT2D eigenvalue weighted by atomic mass is 10.1. The fraction of sp³-hybridized carbons (Fsp3) is 0.240. The van der Waals surface area contributed by atoms with Crippen molar-refractivity contribution in [2.75, 3.05) is 6.61 Å². The third kappa shape index (κ3) is 4.30. The van der Waals surface area contributed by atoms with Gasteiger partial charge in [0.05, 0.1) is 22.7 Å². The molecule has 148 valence electrons. The Balaban J connectivity index is 1.47. The Morgan fingerprint density at radius 3 is 2.55 bits per heavy atom. The van der Waals surface area contributed by atoms with E-state index < -0.39 is 0 Å². The van der Waals surface area contributed by atoms with E-state index in [2.05, 4.69) is 54.8 Å². The summed E-state index contributed by atoms with van der Waals surface area (Å²) in [7, 11) is 0. The number of halogens is 1. The SMILES string of the molecule is Cc1ccc(OCCCCn2c(-c3ccccc3Cl)nc3ccccc32)c(C)c1. The minimum atomic E-state index is 0.706. The predicted molar refractivity (Wildman–Crippen MR) is 121 cm³/mol. The molecule has 3 nitrogen and oxygen atoms in total. The molecule has 4 heteroatoms. The minimum absolute atomic E-state index is 0.706. The maximum Gasteiger partial charge on any atom is 0.142 e. The van der Waals surface area contributed by atoms with Gasteiger partial charge in [-0.2, -0.15) is 0 Å². The molecule has 0 atom stereocenters. The van der Waals surface area contributed by atoms with Crippen molar-refractivity contribution in [3.63, 3.8) is 0 Å². The summed E-state index contributed by atoms with van der Waals surface area (Å²) in [5.74, 6) is 1.90. The van der Waals surface area contributed by atoms with E-state index in [1.54, 1.807) is 0 Å². The van der Waals surface area contributed by atoms with Gasteiger partial charge in [-0.15, -0.1) is 0 Å². The molecule has 0 bridgehead atoms. The van der Waals surface area contributed by atoms with E-state index in [0.29, 0.717) is 6.61 Å². The second-order valence-corrected chi connectivity index (χ2v) is 7.79. The van der Waals surface area contributed by atoms with Crippen LogP contribution in [0.3, 0.4) is 0 Å². The van der Waals surface area contributed by atoms with E-state index in [1.807, 2.05) is 30.3 Å². The number of rotatable bonds is 7. The van der Waals surface area contributed by atoms with Crippen LogP contribution in [0.2, 0.25) is 5.02 Å². The Morgan fingerprint density at radius 2 is 1.72 bits per heavy atom. The Morgan fingerprint density at radius 1 is 0.931 bits per heavy atom. The van der Waals surface area contributed by atoms with E-state index in [1.165, 1.54) is 11.1 Å². The molecule has 0 aliphatic heterocycles. The van der Waals surface area contributed by atoms with E-state index in [4.69, 9.17) is 21.3 Å². The molecule has 0 unspecified atom stereocenters. The van der Waals surface area contributed by atoms with Crippen LogP contribution in [-0.4, -0.2) is 16.2 Å². The second-order valence-electron chi connectivity index (χ2n) is 7.38. The lowest BCUT2D eigenvalue weighted by Gasteiger charge is -2.12. The Bertz CT molecular complexity index is 1130. The van der Waals surface area contributed by atoms with Crippen molar-refractivity contribution in [3.05, 3.63) is 82.9 Å². The van der Waals surface area contributed by atoms with Gasteiger partial charge in [0.15, 0.2) is 0 Å². The zero-order valence-corrected chi connectivity index (χ0v) is 17.6. The first-order valence-corrected chi connectivity index (χ1v) is 10.4. The van der Waals surface area contributed by atoms with Crippen molar-refractivity contribution in [2.45, 2.75) is 33.2 Å². The molecule has 0 radical (unpaired) electrons. The van der Waals surface area contributed by atoms with Gasteiger partial charge in [0, 0.05) is 12.1 Å². The molecular formula is C25H25ClN2O. The number of aryl methyl sites for hydroxylation is 3. The minimum Gasteiger partial charge on any atom is -0.493 e. The number of benzene rings is 3. The van der Waals surface area contributed by atoms with Crippen LogP contribution in [0.25, 0.3) is 22.4 Å². The van der Waals surface area contributed by atoms with Crippen LogP contribution in [-0.2, 0) is 6.54 Å². The Hall–Kier alpha value is -2.78. The molecule has 0 amide bonds. The van der Waals surface area contributed by atoms with Gasteiger partial charge in [0.25, 0.3) is 0 Å². The third-order valence-electron chi connectivity index (χ3n) is 5.13. The fourth-order valence-corrected chi connectivity index (χ4v) is 3.89. The topological polar surface area (TPSA) is 27.1 Å². The molecule has 29 heavy (non-hydrogen) atoms. The molecule has 0 saturated heterocycles. The highest BCUT2D eigenvalue weighted by atomic mass is 35.5. The molecule has 3 aromatic carbocycles. The maximum atomic E-state index is 6.46. The summed E-state index contributed by atoms with van der Waals surface area (Å²) in [6, 6.07) is 22.5. The van der Waals surface area contributed by atoms with Gasteiger partial charge in [-0.25, -0.2) is 4.98 Å². The van der Waals surface area contributed by atoms with Crippen molar-refractivity contribution in [1.29, 1.82) is 0 Å². The zero-order chi connectivity index (χ0) is 20.2. The van der Waals surface area contributed by atoms with Crippen LogP contribution >= 0.6 is 11.6 Å². The largest absolute Gasteiger partial charge is 0.493 e. The fourth-order valence-electron chi connectivity index (χ4n) is 3.67. The van der Waals surface area contributed by atoms with E-state index in [-0.39, 0.29) is 0 Å². The van der Waals surface area contributed by atoms with Crippen LogP contribution in [0.4, 0.5) is 0 Å². The summed E-state index contributed by atoms with van der Waals surface area (Å²) in [5.41, 5.74) is 5.55. The molecule has 0 aliphatic carbocycles. The zero-order valence-electron chi connectivity index (χ0n) is 16.9. The summed E-state index contributed by atoms with van der Waals surface area (Å²) >= 11 is 6.46. The first-order chi connectivity index (χ1) is 14.1. The highest BCUT2D eigenvalue weighted by molar-refractivity contribution is 6.33. The summed E-state index contributed by atoms with van der Waals surface area (Å²) < 4.78 is 8.26. The quantitative estimate of drug-likeness (QED) is 0.315. The first kappa shape index (κ1) is 19.5. The number of imidazole rings is 1. The average molecular weight is 405 g/mol. The van der Waals surface area contributed by atoms with Gasteiger partial charge < -0.3 is 9.30 Å². The van der Waals surface area contributed by atoms with E-state index in [0.717, 1.165) is 52.6 Å². The molecule has 4 aromatic rings. The molecule has 1 aromatic heterocycles. The van der Waals surface area contributed by atoms with Gasteiger partial charge >= 0.3 is 0 Å². The molecule has 4 rings (SSSR count). The molecule has 0 aliphatic rings. The van der Waals surface area contributed by atoms with Crippen molar-refractivity contribution in [3.8, 4) is 17.1 Å². The summed E-state index contributed by atoms with van der Waals surface area (Å²) in [5, 5.41) is 0.724. The summed E-state index contributed by atoms with van der Waals surface area (Å²) in [4.78, 5) is 4.86. The summed E-state index contributed by atoms with van der Waals surface area (Å²) in [6.45, 7) is 5.77. The highest BCUT2D eigenvalue weighted by Crippen LogP contribution is 2.30. The Kier molecular flexibility index (Phi) is 5.86. The Labute approximate surface area is 176 Å². The number of unbranched alkanes of at least 4 members (excludes halogenated alkanes) is 1. The van der Waals surface area contributed by atoms with Crippen molar-refractivity contribution >= 4 is 22.6 Å². The van der Waals surface area contributed by atoms with Crippen LogP contribution < -0.4 is 4.74 Å². The number of hydrogen-bond acceptors (Lipinski definition) is 2. The number of aromatic nitrogens is 2. The van der Waals surface area contributed by atoms with Gasteiger partial charge in [-0.05, 0) is 62.6 Å². The number of nitrogens with zero attached hydrogens (tertiary/aromatic N) is 2. The van der Waals surface area contributed by atoms with E-state index in [9.17, 15) is 0 Å². The van der Waals surface area contributed by atoms with Crippen LogP contribution in [0.1, 0.15) is 24.0 Å². The lowest BCUT2D eigenvalue weighted by Crippen LogP contribution is -2.04. The van der Waals surface area contributed by atoms with Crippen molar-refractivity contribution in [1.82, 2.24) is 9.55 Å². The monoisotopic (exact) mass is 404 g/mol. The normalized spacial score (nSPS) is 11.1. The van der Waals surface area contributed by atoms with Gasteiger partial charge in [0.1, 0.15) is 11.6 Å². The first-order valence-electron chi connectivity index (χ1n) is 10.0. The van der Waals surface area contributed by atoms with Crippen molar-refractivity contribution in [2.24, 2.45) is 0 Å². The number of ether oxygens (including phenoxy) is 1. The van der Waals surface area contributed by atoms with Gasteiger partial charge in [-0.1, -0.05) is 53.6 Å². The van der Waals surface area contributed by atoms with Gasteiger partial charge in [-0.3, -0.25) is 0 Å². The third-order valence-corrected chi connectivity index (χ3v) is 5.46.